The quantitative estimate of drug-likeness (QED) is 0.759. The minimum atomic E-state index is 0.837. The maximum absolute atomic E-state index is 5.18. The number of aliphatic imine (C=N–C) groups is 1. The molecular formula is C12H14N2O. The molecule has 0 aromatic heterocycles. The molecule has 15 heavy (non-hydrogen) atoms. The third-order valence-corrected chi connectivity index (χ3v) is 2.26. The predicted molar refractivity (Wildman–Crippen MR) is 63.1 cm³/mol. The average molecular weight is 202 g/mol. The second-order valence-electron chi connectivity index (χ2n) is 3.59. The normalized spacial score (nSPS) is 14.3. The molecule has 2 rings (SSSR count). The van der Waals surface area contributed by atoms with E-state index in [0.717, 1.165) is 28.5 Å². The van der Waals surface area contributed by atoms with Crippen molar-refractivity contribution in [3.8, 4) is 5.75 Å². The number of nitrogens with one attached hydrogen (secondary N) is 1. The molecule has 1 N–H and O–H groups in total. The van der Waals surface area contributed by atoms with Gasteiger partial charge in [-0.3, -0.25) is 4.99 Å². The van der Waals surface area contributed by atoms with E-state index >= 15 is 0 Å². The van der Waals surface area contributed by atoms with E-state index in [1.54, 1.807) is 7.11 Å². The lowest BCUT2D eigenvalue weighted by Gasteiger charge is -2.08. The average Bonchev–Trinajstić information content (AvgIpc) is 2.33. The van der Waals surface area contributed by atoms with Gasteiger partial charge in [0.05, 0.1) is 18.5 Å². The van der Waals surface area contributed by atoms with Gasteiger partial charge < -0.3 is 10.1 Å². The lowest BCUT2D eigenvalue weighted by molar-refractivity contribution is 0.415. The van der Waals surface area contributed by atoms with Crippen LogP contribution in [0, 0.1) is 0 Å². The highest BCUT2D eigenvalue weighted by atomic mass is 16.5. The van der Waals surface area contributed by atoms with Crippen LogP contribution in [0.15, 0.2) is 35.0 Å². The highest BCUT2D eigenvalue weighted by Crippen LogP contribution is 2.32. The van der Waals surface area contributed by atoms with Gasteiger partial charge in [-0.15, -0.1) is 0 Å². The Kier molecular flexibility index (Phi) is 2.46. The molecule has 1 aliphatic rings. The molecule has 3 heteroatoms. The second-order valence-corrected chi connectivity index (χ2v) is 3.59. The van der Waals surface area contributed by atoms with Crippen LogP contribution in [0.25, 0.3) is 0 Å². The SMILES string of the molecule is COc1ccc2c(c1)NC(C)=CC(C)=N2. The van der Waals surface area contributed by atoms with Gasteiger partial charge in [0, 0.05) is 17.5 Å². The van der Waals surface area contributed by atoms with Gasteiger partial charge in [-0.25, -0.2) is 0 Å². The van der Waals surface area contributed by atoms with E-state index in [1.165, 1.54) is 0 Å². The number of methoxy groups -OCH3 is 1. The first kappa shape index (κ1) is 9.77. The van der Waals surface area contributed by atoms with Crippen molar-refractivity contribution in [3.63, 3.8) is 0 Å². The van der Waals surface area contributed by atoms with Gasteiger partial charge in [-0.05, 0) is 32.1 Å². The summed E-state index contributed by atoms with van der Waals surface area (Å²) in [7, 11) is 1.66. The zero-order chi connectivity index (χ0) is 10.8. The van der Waals surface area contributed by atoms with Gasteiger partial charge in [0.15, 0.2) is 0 Å². The van der Waals surface area contributed by atoms with Crippen LogP contribution in [-0.2, 0) is 0 Å². The van der Waals surface area contributed by atoms with Crippen LogP contribution in [0.3, 0.4) is 0 Å². The fourth-order valence-corrected chi connectivity index (χ4v) is 1.62. The van der Waals surface area contributed by atoms with E-state index in [2.05, 4.69) is 10.3 Å². The number of hydrogen-bond acceptors (Lipinski definition) is 3. The molecule has 0 saturated carbocycles. The van der Waals surface area contributed by atoms with Crippen LogP contribution in [0.5, 0.6) is 5.75 Å². The molecule has 1 aliphatic heterocycles. The molecule has 0 aliphatic carbocycles. The van der Waals surface area contributed by atoms with E-state index in [1.807, 2.05) is 38.1 Å². The van der Waals surface area contributed by atoms with Crippen molar-refractivity contribution in [2.75, 3.05) is 12.4 Å². The fourth-order valence-electron chi connectivity index (χ4n) is 1.62. The summed E-state index contributed by atoms with van der Waals surface area (Å²) in [6.45, 7) is 4.01. The summed E-state index contributed by atoms with van der Waals surface area (Å²) >= 11 is 0. The lowest BCUT2D eigenvalue weighted by atomic mass is 10.2. The van der Waals surface area contributed by atoms with Gasteiger partial charge >= 0.3 is 0 Å². The zero-order valence-electron chi connectivity index (χ0n) is 9.16. The van der Waals surface area contributed by atoms with Gasteiger partial charge in [-0.2, -0.15) is 0 Å². The first-order chi connectivity index (χ1) is 7.19. The van der Waals surface area contributed by atoms with E-state index in [4.69, 9.17) is 4.74 Å². The van der Waals surface area contributed by atoms with Crippen molar-refractivity contribution in [1.29, 1.82) is 0 Å². The Bertz CT molecular complexity index is 447. The number of anilines is 1. The topological polar surface area (TPSA) is 33.6 Å². The summed E-state index contributed by atoms with van der Waals surface area (Å²) in [6.07, 6.45) is 2.02. The molecular weight excluding hydrogens is 188 g/mol. The second kappa shape index (κ2) is 3.77. The number of benzene rings is 1. The summed E-state index contributed by atoms with van der Waals surface area (Å²) in [5.41, 5.74) is 4.02. The van der Waals surface area contributed by atoms with Crippen LogP contribution in [0.1, 0.15) is 13.8 Å². The lowest BCUT2D eigenvalue weighted by Crippen LogP contribution is -1.95. The third-order valence-electron chi connectivity index (χ3n) is 2.26. The number of ether oxygens (including phenoxy) is 1. The van der Waals surface area contributed by atoms with E-state index in [-0.39, 0.29) is 0 Å². The molecule has 1 heterocycles. The van der Waals surface area contributed by atoms with Crippen molar-refractivity contribution in [3.05, 3.63) is 30.0 Å². The van der Waals surface area contributed by atoms with Crippen molar-refractivity contribution >= 4 is 17.1 Å². The molecule has 0 spiro atoms. The molecule has 0 unspecified atom stereocenters. The number of allylic oxidation sites excluding steroid dienone is 2. The molecule has 0 saturated heterocycles. The highest BCUT2D eigenvalue weighted by Gasteiger charge is 2.07. The first-order valence-corrected chi connectivity index (χ1v) is 4.87. The summed E-state index contributed by atoms with van der Waals surface area (Å²) in [5.74, 6) is 0.837. The minimum Gasteiger partial charge on any atom is -0.497 e. The maximum Gasteiger partial charge on any atom is 0.121 e. The molecule has 0 amide bonds. The minimum absolute atomic E-state index is 0.837. The molecule has 1 aromatic carbocycles. The van der Waals surface area contributed by atoms with Gasteiger partial charge in [0.2, 0.25) is 0 Å². The molecule has 0 bridgehead atoms. The molecule has 78 valence electrons. The standard InChI is InChI=1S/C12H14N2O/c1-8-6-9(2)14-12-7-10(15-3)4-5-11(12)13-8/h4-7,14H,1-3H3. The molecule has 0 atom stereocenters. The molecule has 0 fully saturated rings. The van der Waals surface area contributed by atoms with Crippen molar-refractivity contribution < 1.29 is 4.74 Å². The Balaban J connectivity index is 2.50. The fraction of sp³-hybridized carbons (Fsp3) is 0.250. The van der Waals surface area contributed by atoms with Crippen LogP contribution in [0.2, 0.25) is 0 Å². The Labute approximate surface area is 89.5 Å². The van der Waals surface area contributed by atoms with Crippen molar-refractivity contribution in [2.45, 2.75) is 13.8 Å². The van der Waals surface area contributed by atoms with E-state index < -0.39 is 0 Å². The Morgan fingerprint density at radius 2 is 2.07 bits per heavy atom. The summed E-state index contributed by atoms with van der Waals surface area (Å²) in [6, 6.07) is 5.82. The number of rotatable bonds is 1. The highest BCUT2D eigenvalue weighted by molar-refractivity contribution is 5.98. The zero-order valence-corrected chi connectivity index (χ0v) is 9.16. The number of nitrogens with zero attached hydrogens (tertiary/aromatic N) is 1. The van der Waals surface area contributed by atoms with Crippen LogP contribution in [-0.4, -0.2) is 12.8 Å². The first-order valence-electron chi connectivity index (χ1n) is 4.87. The molecule has 3 nitrogen and oxygen atoms in total. The summed E-state index contributed by atoms with van der Waals surface area (Å²) in [4.78, 5) is 4.49. The van der Waals surface area contributed by atoms with Crippen molar-refractivity contribution in [1.82, 2.24) is 0 Å². The smallest absolute Gasteiger partial charge is 0.121 e. The maximum atomic E-state index is 5.18. The third kappa shape index (κ3) is 2.01. The van der Waals surface area contributed by atoms with Crippen molar-refractivity contribution in [2.24, 2.45) is 4.99 Å². The van der Waals surface area contributed by atoms with Gasteiger partial charge in [-0.1, -0.05) is 0 Å². The Hall–Kier alpha value is -1.77. The largest absolute Gasteiger partial charge is 0.497 e. The van der Waals surface area contributed by atoms with Gasteiger partial charge in [0.25, 0.3) is 0 Å². The van der Waals surface area contributed by atoms with Gasteiger partial charge in [0.1, 0.15) is 5.75 Å². The van der Waals surface area contributed by atoms with Crippen LogP contribution in [0.4, 0.5) is 11.4 Å². The predicted octanol–water partition coefficient (Wildman–Crippen LogP) is 3.12. The Morgan fingerprint density at radius 3 is 2.80 bits per heavy atom. The Morgan fingerprint density at radius 1 is 1.27 bits per heavy atom. The number of hydrogen-bond donors (Lipinski definition) is 1. The summed E-state index contributed by atoms with van der Waals surface area (Å²) < 4.78 is 5.18. The molecule has 1 aromatic rings. The van der Waals surface area contributed by atoms with Crippen LogP contribution >= 0.6 is 0 Å². The van der Waals surface area contributed by atoms with Crippen LogP contribution < -0.4 is 10.1 Å². The monoisotopic (exact) mass is 202 g/mol. The van der Waals surface area contributed by atoms with E-state index in [0.29, 0.717) is 0 Å². The number of fused-ring (bicyclic) bond motifs is 1. The summed E-state index contributed by atoms with van der Waals surface area (Å²) in [5, 5.41) is 3.29. The molecule has 0 radical (unpaired) electrons. The van der Waals surface area contributed by atoms with E-state index in [9.17, 15) is 0 Å².